The van der Waals surface area contributed by atoms with Crippen LogP contribution in [-0.4, -0.2) is 32.7 Å². The van der Waals surface area contributed by atoms with Gasteiger partial charge in [0.2, 0.25) is 0 Å². The van der Waals surface area contributed by atoms with Crippen LogP contribution >= 0.6 is 11.6 Å². The van der Waals surface area contributed by atoms with Gasteiger partial charge in [0.05, 0.1) is 25.5 Å². The number of rotatable bonds is 10. The van der Waals surface area contributed by atoms with Crippen molar-refractivity contribution in [2.24, 2.45) is 0 Å². The van der Waals surface area contributed by atoms with Crippen molar-refractivity contribution in [2.45, 2.75) is 52.1 Å². The Kier molecular flexibility index (Phi) is 7.24. The van der Waals surface area contributed by atoms with Crippen LogP contribution in [0, 0.1) is 6.92 Å². The van der Waals surface area contributed by atoms with Gasteiger partial charge in [-0.15, -0.1) is 0 Å². The number of aryl methyl sites for hydroxylation is 1. The van der Waals surface area contributed by atoms with Crippen LogP contribution in [0.5, 0.6) is 11.5 Å². The maximum Gasteiger partial charge on any atom is 0.273 e. The summed E-state index contributed by atoms with van der Waals surface area (Å²) in [5.74, 6) is 1.33. The molecule has 0 radical (unpaired) electrons. The number of hydrogen-bond donors (Lipinski definition) is 2. The molecule has 37 heavy (non-hydrogen) atoms. The Morgan fingerprint density at radius 3 is 2.70 bits per heavy atom. The normalized spacial score (nSPS) is 14.8. The highest BCUT2D eigenvalue weighted by molar-refractivity contribution is 6.31. The summed E-state index contributed by atoms with van der Waals surface area (Å²) in [6, 6.07) is 14.3. The number of aromatic nitrogens is 2. The van der Waals surface area contributed by atoms with E-state index in [1.165, 1.54) is 12.8 Å². The number of aromatic amines is 1. The van der Waals surface area contributed by atoms with E-state index in [0.29, 0.717) is 39.9 Å². The molecule has 0 saturated carbocycles. The number of halogens is 1. The zero-order valence-electron chi connectivity index (χ0n) is 21.0. The van der Waals surface area contributed by atoms with Crippen LogP contribution in [-0.2, 0) is 6.54 Å². The zero-order valence-corrected chi connectivity index (χ0v) is 21.7. The molecule has 0 saturated heterocycles. The largest absolute Gasteiger partial charge is 0.507 e. The van der Waals surface area contributed by atoms with Gasteiger partial charge in [0.15, 0.2) is 0 Å². The highest BCUT2D eigenvalue weighted by atomic mass is 35.5. The highest BCUT2D eigenvalue weighted by Gasteiger charge is 2.43. The van der Waals surface area contributed by atoms with Gasteiger partial charge in [0.1, 0.15) is 28.6 Å². The number of carbonyl (C=O) groups is 1. The van der Waals surface area contributed by atoms with Crippen molar-refractivity contribution in [1.82, 2.24) is 15.1 Å². The number of hydrogen-bond acceptors (Lipinski definition) is 5. The lowest BCUT2D eigenvalue weighted by molar-refractivity contribution is 0.0717. The van der Waals surface area contributed by atoms with Gasteiger partial charge >= 0.3 is 0 Å². The van der Waals surface area contributed by atoms with Crippen molar-refractivity contribution in [1.29, 1.82) is 0 Å². The molecule has 1 amide bonds. The number of unbranched alkanes of at least 4 members (excludes halogenated alkanes) is 3. The third kappa shape index (κ3) is 4.96. The molecule has 0 fully saturated rings. The Morgan fingerprint density at radius 1 is 1.16 bits per heavy atom. The first kappa shape index (κ1) is 25.0. The number of benzene rings is 2. The molecule has 2 N–H and O–H groups in total. The van der Waals surface area contributed by atoms with Crippen molar-refractivity contribution in [3.05, 3.63) is 88.0 Å². The number of H-pyrrole nitrogens is 1. The quantitative estimate of drug-likeness (QED) is 0.219. The molecule has 1 unspecified atom stereocenters. The monoisotopic (exact) mass is 519 g/mol. The van der Waals surface area contributed by atoms with E-state index in [9.17, 15) is 9.90 Å². The lowest BCUT2D eigenvalue weighted by Crippen LogP contribution is -2.29. The van der Waals surface area contributed by atoms with Crippen molar-refractivity contribution < 1.29 is 19.1 Å². The molecular weight excluding hydrogens is 490 g/mol. The molecule has 4 aromatic rings. The number of nitrogens with zero attached hydrogens (tertiary/aromatic N) is 2. The van der Waals surface area contributed by atoms with Gasteiger partial charge in [-0.2, -0.15) is 5.10 Å². The van der Waals surface area contributed by atoms with Crippen molar-refractivity contribution >= 4 is 17.5 Å². The molecule has 3 heterocycles. The van der Waals surface area contributed by atoms with Crippen LogP contribution in [0.25, 0.3) is 11.3 Å². The number of amides is 1. The minimum absolute atomic E-state index is 0.0544. The number of phenols is 1. The molecule has 1 atom stereocenters. The number of nitrogens with one attached hydrogen (secondary N) is 1. The van der Waals surface area contributed by atoms with Crippen LogP contribution in [0.4, 0.5) is 0 Å². The predicted molar refractivity (Wildman–Crippen MR) is 142 cm³/mol. The first-order valence-electron chi connectivity index (χ1n) is 12.6. The van der Waals surface area contributed by atoms with Gasteiger partial charge < -0.3 is 19.2 Å². The summed E-state index contributed by atoms with van der Waals surface area (Å²) >= 11 is 6.39. The molecule has 1 aliphatic heterocycles. The van der Waals surface area contributed by atoms with Crippen molar-refractivity contribution in [3.63, 3.8) is 0 Å². The van der Waals surface area contributed by atoms with Crippen molar-refractivity contribution in [2.75, 3.05) is 6.61 Å². The molecule has 0 bridgehead atoms. The van der Waals surface area contributed by atoms with Crippen molar-refractivity contribution in [3.8, 4) is 22.8 Å². The molecule has 5 rings (SSSR count). The standard InChI is InChI=1S/C29H30ClN3O4/c1-3-4-5-6-13-36-20-11-9-19(10-12-20)28-25-26(22-16-23(30)18(2)15-24(22)34)31-32-27(25)29(35)33(28)17-21-8-7-14-37-21/h7-12,14-16,28,34H,3-6,13,17H2,1-2H3,(H,31,32). The maximum atomic E-state index is 13.6. The van der Waals surface area contributed by atoms with Gasteiger partial charge in [-0.25, -0.2) is 0 Å². The van der Waals surface area contributed by atoms with Crippen LogP contribution in [0.3, 0.4) is 0 Å². The summed E-state index contributed by atoms with van der Waals surface area (Å²) in [6.45, 7) is 4.98. The zero-order chi connectivity index (χ0) is 25.9. The summed E-state index contributed by atoms with van der Waals surface area (Å²) in [7, 11) is 0. The lowest BCUT2D eigenvalue weighted by Gasteiger charge is -2.26. The fourth-order valence-electron chi connectivity index (χ4n) is 4.80. The van der Waals surface area contributed by atoms with Gasteiger partial charge in [0.25, 0.3) is 5.91 Å². The molecule has 192 valence electrons. The molecule has 1 aliphatic rings. The van der Waals surface area contributed by atoms with E-state index in [2.05, 4.69) is 17.1 Å². The lowest BCUT2D eigenvalue weighted by atomic mass is 9.95. The summed E-state index contributed by atoms with van der Waals surface area (Å²) in [6.07, 6.45) is 6.17. The van der Waals surface area contributed by atoms with Gasteiger partial charge in [-0.1, -0.05) is 49.9 Å². The first-order chi connectivity index (χ1) is 18.0. The number of aromatic hydroxyl groups is 1. The Morgan fingerprint density at radius 2 is 1.97 bits per heavy atom. The average molecular weight is 520 g/mol. The highest BCUT2D eigenvalue weighted by Crippen LogP contribution is 2.46. The second-order valence-electron chi connectivity index (χ2n) is 9.37. The van der Waals surface area contributed by atoms with E-state index in [-0.39, 0.29) is 18.2 Å². The van der Waals surface area contributed by atoms with E-state index in [0.717, 1.165) is 29.7 Å². The second-order valence-corrected chi connectivity index (χ2v) is 9.78. The Balaban J connectivity index is 1.51. The minimum Gasteiger partial charge on any atom is -0.507 e. The van der Waals surface area contributed by atoms with Crippen LogP contribution < -0.4 is 4.74 Å². The number of phenolic OH excluding ortho intramolecular Hbond substituents is 1. The average Bonchev–Trinajstić information content (AvgIpc) is 3.62. The van der Waals surface area contributed by atoms with E-state index in [1.807, 2.05) is 37.3 Å². The summed E-state index contributed by atoms with van der Waals surface area (Å²) in [5.41, 5.74) is 3.70. The smallest absolute Gasteiger partial charge is 0.273 e. The number of furan rings is 1. The maximum absolute atomic E-state index is 13.6. The van der Waals surface area contributed by atoms with Gasteiger partial charge in [-0.3, -0.25) is 9.89 Å². The number of ether oxygens (including phenoxy) is 1. The number of carbonyl (C=O) groups excluding carboxylic acids is 1. The Hall–Kier alpha value is -3.71. The van der Waals surface area contributed by atoms with E-state index >= 15 is 0 Å². The molecule has 0 spiro atoms. The van der Waals surface area contributed by atoms with Crippen LogP contribution in [0.15, 0.2) is 59.2 Å². The predicted octanol–water partition coefficient (Wildman–Crippen LogP) is 7.04. The van der Waals surface area contributed by atoms with E-state index in [1.54, 1.807) is 29.4 Å². The van der Waals surface area contributed by atoms with E-state index < -0.39 is 6.04 Å². The topological polar surface area (TPSA) is 91.6 Å². The minimum atomic E-state index is -0.445. The number of fused-ring (bicyclic) bond motifs is 1. The van der Waals surface area contributed by atoms with Crippen LogP contribution in [0.2, 0.25) is 5.02 Å². The Bertz CT molecular complexity index is 1380. The fourth-order valence-corrected chi connectivity index (χ4v) is 4.97. The molecule has 8 heteroatoms. The second kappa shape index (κ2) is 10.7. The molecule has 2 aromatic heterocycles. The third-order valence-corrected chi connectivity index (χ3v) is 7.17. The van der Waals surface area contributed by atoms with E-state index in [4.69, 9.17) is 20.8 Å². The van der Waals surface area contributed by atoms with Gasteiger partial charge in [-0.05, 0) is 60.9 Å². The molecule has 2 aromatic carbocycles. The first-order valence-corrected chi connectivity index (χ1v) is 13.0. The summed E-state index contributed by atoms with van der Waals surface area (Å²) in [4.78, 5) is 15.3. The van der Waals surface area contributed by atoms with Gasteiger partial charge in [0, 0.05) is 16.1 Å². The molecular formula is C29H30ClN3O4. The summed E-state index contributed by atoms with van der Waals surface area (Å²) in [5, 5.41) is 18.6. The molecule has 0 aliphatic carbocycles. The molecule has 7 nitrogen and oxygen atoms in total. The summed E-state index contributed by atoms with van der Waals surface area (Å²) < 4.78 is 11.5. The SMILES string of the molecule is CCCCCCOc1ccc(C2c3c(-c4cc(Cl)c(C)cc4O)n[nH]c3C(=O)N2Cc2ccco2)cc1. The third-order valence-electron chi connectivity index (χ3n) is 6.76. The fraction of sp³-hybridized carbons (Fsp3) is 0.310. The van der Waals surface area contributed by atoms with Crippen LogP contribution in [0.1, 0.15) is 71.6 Å². The Labute approximate surface area is 221 Å².